The summed E-state index contributed by atoms with van der Waals surface area (Å²) in [5.41, 5.74) is 4.14. The van der Waals surface area contributed by atoms with E-state index < -0.39 is 36.1 Å². The number of anilines is 1. The summed E-state index contributed by atoms with van der Waals surface area (Å²) in [4.78, 5) is 32.4. The number of benzene rings is 2. The average molecular weight is 547 g/mol. The van der Waals surface area contributed by atoms with E-state index in [1.165, 1.54) is 16.2 Å². The van der Waals surface area contributed by atoms with E-state index in [1.807, 2.05) is 73.1 Å². The third-order valence-electron chi connectivity index (χ3n) is 6.76. The van der Waals surface area contributed by atoms with Crippen molar-refractivity contribution >= 4 is 28.3 Å². The molecule has 4 atom stereocenters. The second-order valence-electron chi connectivity index (χ2n) is 9.34. The van der Waals surface area contributed by atoms with Crippen LogP contribution in [0.25, 0.3) is 5.69 Å². The van der Waals surface area contributed by atoms with Gasteiger partial charge in [0.25, 0.3) is 11.8 Å². The summed E-state index contributed by atoms with van der Waals surface area (Å²) in [6.45, 7) is 4.68. The highest BCUT2D eigenvalue weighted by Gasteiger charge is 2.41. The smallest absolute Gasteiger partial charge is 0.255 e. The van der Waals surface area contributed by atoms with Crippen molar-refractivity contribution in [1.82, 2.24) is 25.0 Å². The molecule has 11 heteroatoms. The first-order valence-electron chi connectivity index (χ1n) is 12.7. The van der Waals surface area contributed by atoms with Crippen LogP contribution < -0.4 is 10.6 Å². The van der Waals surface area contributed by atoms with E-state index >= 15 is 0 Å². The number of aliphatic hydroxyl groups is 2. The molecule has 2 amide bonds. The summed E-state index contributed by atoms with van der Waals surface area (Å²) in [5.74, 6) is -1.58. The zero-order valence-electron chi connectivity index (χ0n) is 21.6. The number of nitrogens with one attached hydrogen (secondary N) is 2. The first-order valence-corrected chi connectivity index (χ1v) is 13.6. The molecule has 2 aromatic carbocycles. The molecule has 2 aromatic heterocycles. The van der Waals surface area contributed by atoms with Crippen molar-refractivity contribution in [2.24, 2.45) is 0 Å². The third-order valence-corrected chi connectivity index (χ3v) is 7.57. The van der Waals surface area contributed by atoms with Crippen LogP contribution in [-0.2, 0) is 16.1 Å². The molecule has 3 heterocycles. The van der Waals surface area contributed by atoms with Crippen molar-refractivity contribution in [3.8, 4) is 5.69 Å². The third kappa shape index (κ3) is 5.42. The minimum Gasteiger partial charge on any atom is -0.380 e. The van der Waals surface area contributed by atoms with Crippen molar-refractivity contribution < 1.29 is 19.8 Å². The van der Waals surface area contributed by atoms with Gasteiger partial charge in [0.05, 0.1) is 17.4 Å². The molecule has 4 aromatic rings. The SMILES string of the molecule is CCNc1nc([C@H]2c3ccccc3CN2C(=O)[C@H](O)[C@@H](O)C(=O)N[C@H](C)c2ccc(-n3cccn3)cc2)cs1. The Kier molecular flexibility index (Phi) is 7.73. The number of nitrogens with zero attached hydrogens (tertiary/aromatic N) is 4. The zero-order valence-corrected chi connectivity index (χ0v) is 22.4. The predicted molar refractivity (Wildman–Crippen MR) is 147 cm³/mol. The number of carbonyl (C=O) groups excluding carboxylic acids is 2. The van der Waals surface area contributed by atoms with E-state index in [0.29, 0.717) is 12.2 Å². The summed E-state index contributed by atoms with van der Waals surface area (Å²) in [7, 11) is 0. The van der Waals surface area contributed by atoms with E-state index in [9.17, 15) is 19.8 Å². The van der Waals surface area contributed by atoms with Gasteiger partial charge in [-0.1, -0.05) is 36.4 Å². The van der Waals surface area contributed by atoms with Gasteiger partial charge in [-0.25, -0.2) is 9.67 Å². The van der Waals surface area contributed by atoms with Gasteiger partial charge in [-0.05, 0) is 48.7 Å². The summed E-state index contributed by atoms with van der Waals surface area (Å²) < 4.78 is 1.72. The molecule has 0 saturated carbocycles. The summed E-state index contributed by atoms with van der Waals surface area (Å²) in [6.07, 6.45) is -0.372. The lowest BCUT2D eigenvalue weighted by atomic mass is 10.0. The molecule has 1 aliphatic rings. The maximum atomic E-state index is 13.5. The molecule has 0 fully saturated rings. The number of aliphatic hydroxyl groups excluding tert-OH is 2. The van der Waals surface area contributed by atoms with Crippen molar-refractivity contribution in [3.05, 3.63) is 94.8 Å². The van der Waals surface area contributed by atoms with Crippen LogP contribution in [0.1, 0.15) is 48.3 Å². The Labute approximate surface area is 229 Å². The number of thiazole rings is 1. The van der Waals surface area contributed by atoms with Crippen LogP contribution in [0, 0.1) is 0 Å². The van der Waals surface area contributed by atoms with E-state index in [4.69, 9.17) is 0 Å². The molecule has 0 bridgehead atoms. The number of aromatic nitrogens is 3. The molecule has 0 radical (unpaired) electrons. The van der Waals surface area contributed by atoms with Gasteiger partial charge in [-0.3, -0.25) is 9.59 Å². The Morgan fingerprint density at radius 3 is 2.59 bits per heavy atom. The fourth-order valence-electron chi connectivity index (χ4n) is 4.72. The average Bonchev–Trinajstić information content (AvgIpc) is 3.72. The number of hydrogen-bond donors (Lipinski definition) is 4. The van der Waals surface area contributed by atoms with E-state index in [1.54, 1.807) is 17.8 Å². The predicted octanol–water partition coefficient (Wildman–Crippen LogP) is 2.79. The largest absolute Gasteiger partial charge is 0.380 e. The van der Waals surface area contributed by atoms with E-state index in [2.05, 4.69) is 20.7 Å². The Hall–Kier alpha value is -4.06. The van der Waals surface area contributed by atoms with Gasteiger partial charge in [0.15, 0.2) is 17.3 Å². The first kappa shape index (κ1) is 26.5. The van der Waals surface area contributed by atoms with Gasteiger partial charge in [-0.15, -0.1) is 11.3 Å². The molecule has 0 aliphatic carbocycles. The van der Waals surface area contributed by atoms with Gasteiger partial charge in [0, 0.05) is 30.9 Å². The molecule has 0 spiro atoms. The van der Waals surface area contributed by atoms with Gasteiger partial charge in [0.2, 0.25) is 0 Å². The highest BCUT2D eigenvalue weighted by atomic mass is 32.1. The number of carbonyl (C=O) groups is 2. The summed E-state index contributed by atoms with van der Waals surface area (Å²) >= 11 is 1.43. The number of rotatable bonds is 9. The quantitative estimate of drug-likeness (QED) is 0.254. The number of amides is 2. The fraction of sp³-hybridized carbons (Fsp3) is 0.286. The second-order valence-corrected chi connectivity index (χ2v) is 10.2. The molecule has 39 heavy (non-hydrogen) atoms. The Morgan fingerprint density at radius 1 is 1.10 bits per heavy atom. The van der Waals surface area contributed by atoms with Crippen LogP contribution >= 0.6 is 11.3 Å². The Morgan fingerprint density at radius 2 is 1.87 bits per heavy atom. The van der Waals surface area contributed by atoms with Crippen LogP contribution in [0.2, 0.25) is 0 Å². The molecular weight excluding hydrogens is 516 g/mol. The lowest BCUT2D eigenvalue weighted by Gasteiger charge is -2.28. The van der Waals surface area contributed by atoms with Crippen LogP contribution in [0.3, 0.4) is 0 Å². The maximum absolute atomic E-state index is 13.5. The normalized spacial score (nSPS) is 16.8. The van der Waals surface area contributed by atoms with E-state index in [-0.39, 0.29) is 6.54 Å². The van der Waals surface area contributed by atoms with Crippen LogP contribution in [0.4, 0.5) is 5.13 Å². The second kappa shape index (κ2) is 11.4. The van der Waals surface area contributed by atoms with Crippen molar-refractivity contribution in [3.63, 3.8) is 0 Å². The fourth-order valence-corrected chi connectivity index (χ4v) is 5.52. The van der Waals surface area contributed by atoms with Crippen molar-refractivity contribution in [2.45, 2.75) is 44.7 Å². The van der Waals surface area contributed by atoms with Gasteiger partial charge in [-0.2, -0.15) is 5.10 Å². The first-order chi connectivity index (χ1) is 18.9. The van der Waals surface area contributed by atoms with Gasteiger partial charge in [0.1, 0.15) is 6.04 Å². The van der Waals surface area contributed by atoms with Crippen LogP contribution in [0.5, 0.6) is 0 Å². The minimum atomic E-state index is -1.94. The summed E-state index contributed by atoms with van der Waals surface area (Å²) in [6, 6.07) is 15.9. The molecule has 4 N–H and O–H groups in total. The molecule has 0 saturated heterocycles. The topological polar surface area (TPSA) is 133 Å². The number of hydrogen-bond acceptors (Lipinski definition) is 8. The zero-order chi connectivity index (χ0) is 27.5. The lowest BCUT2D eigenvalue weighted by Crippen LogP contribution is -2.50. The maximum Gasteiger partial charge on any atom is 0.255 e. The molecule has 1 aliphatic heterocycles. The highest BCUT2D eigenvalue weighted by Crippen LogP contribution is 2.39. The Bertz CT molecular complexity index is 1440. The summed E-state index contributed by atoms with van der Waals surface area (Å²) in [5, 5.41) is 34.2. The van der Waals surface area contributed by atoms with Crippen molar-refractivity contribution in [1.29, 1.82) is 0 Å². The van der Waals surface area contributed by atoms with Gasteiger partial charge < -0.3 is 25.7 Å². The lowest BCUT2D eigenvalue weighted by molar-refractivity contribution is -0.154. The minimum absolute atomic E-state index is 0.234. The molecule has 5 rings (SSSR count). The van der Waals surface area contributed by atoms with Crippen LogP contribution in [0.15, 0.2) is 72.4 Å². The molecular formula is C28H30N6O4S. The molecule has 0 unspecified atom stereocenters. The Balaban J connectivity index is 1.28. The monoisotopic (exact) mass is 546 g/mol. The molecule has 202 valence electrons. The molecule has 10 nitrogen and oxygen atoms in total. The van der Waals surface area contributed by atoms with Crippen molar-refractivity contribution in [2.75, 3.05) is 11.9 Å². The van der Waals surface area contributed by atoms with Crippen LogP contribution in [-0.4, -0.2) is 60.4 Å². The van der Waals surface area contributed by atoms with E-state index in [0.717, 1.165) is 27.5 Å². The van der Waals surface area contributed by atoms with Gasteiger partial charge >= 0.3 is 0 Å². The number of fused-ring (bicyclic) bond motifs is 1. The standard InChI is InChI=1S/C28H30N6O4S/c1-3-29-28-32-22(16-39-28)23-21-8-5-4-7-19(21)15-33(23)27(38)25(36)24(35)26(37)31-17(2)18-9-11-20(12-10-18)34-14-6-13-30-34/h4-14,16-17,23-25,35-36H,3,15H2,1-2H3,(H,29,32)(H,31,37)/t17-,23-,24-,25-/m1/s1. The highest BCUT2D eigenvalue weighted by molar-refractivity contribution is 7.13.